The lowest BCUT2D eigenvalue weighted by atomic mass is 9.87. The van der Waals surface area contributed by atoms with Gasteiger partial charge in [0.15, 0.2) is 5.69 Å². The normalized spacial score (nSPS) is 18.8. The van der Waals surface area contributed by atoms with Gasteiger partial charge >= 0.3 is 6.18 Å². The van der Waals surface area contributed by atoms with Crippen LogP contribution in [0.2, 0.25) is 0 Å². The summed E-state index contributed by atoms with van der Waals surface area (Å²) in [4.78, 5) is 21.0. The van der Waals surface area contributed by atoms with Gasteiger partial charge in [0.05, 0.1) is 11.7 Å². The Morgan fingerprint density at radius 2 is 1.97 bits per heavy atom. The van der Waals surface area contributed by atoms with Gasteiger partial charge in [-0.05, 0) is 57.6 Å². The first-order chi connectivity index (χ1) is 16.9. The van der Waals surface area contributed by atoms with Crippen LogP contribution in [0.3, 0.4) is 0 Å². The summed E-state index contributed by atoms with van der Waals surface area (Å²) >= 11 is 0. The van der Waals surface area contributed by atoms with Crippen molar-refractivity contribution in [2.24, 2.45) is 5.92 Å². The molecule has 12 heteroatoms. The summed E-state index contributed by atoms with van der Waals surface area (Å²) in [5.74, 6) is 0.139. The number of rotatable bonds is 7. The zero-order valence-electron chi connectivity index (χ0n) is 20.3. The van der Waals surface area contributed by atoms with Gasteiger partial charge in [0.25, 0.3) is 5.91 Å². The van der Waals surface area contributed by atoms with Crippen molar-refractivity contribution in [2.45, 2.75) is 64.3 Å². The average Bonchev–Trinajstić information content (AvgIpc) is 3.46. The van der Waals surface area contributed by atoms with Gasteiger partial charge in [0.1, 0.15) is 29.9 Å². The van der Waals surface area contributed by atoms with E-state index in [1.807, 2.05) is 4.68 Å². The van der Waals surface area contributed by atoms with Gasteiger partial charge in [-0.15, -0.1) is 0 Å². The molecule has 4 rings (SSSR count). The summed E-state index contributed by atoms with van der Waals surface area (Å²) in [5, 5.41) is 20.2. The van der Waals surface area contributed by atoms with Crippen LogP contribution < -0.4 is 10.6 Å². The Balaban J connectivity index is 1.50. The fourth-order valence-corrected chi connectivity index (χ4v) is 4.18. The van der Waals surface area contributed by atoms with Gasteiger partial charge < -0.3 is 20.2 Å². The molecule has 1 saturated carbocycles. The van der Waals surface area contributed by atoms with E-state index in [0.29, 0.717) is 22.9 Å². The SMILES string of the molecule is CC1CCC(n2cc(NC(=O)c3coc(-c4ccnc(NCC(F)(F)F)c4)n3)c(C(C)(C)O)n2)CC1. The second kappa shape index (κ2) is 9.92. The fourth-order valence-electron chi connectivity index (χ4n) is 4.18. The maximum atomic E-state index is 12.9. The van der Waals surface area contributed by atoms with E-state index < -0.39 is 24.2 Å². The van der Waals surface area contributed by atoms with Gasteiger partial charge in [-0.1, -0.05) is 6.92 Å². The van der Waals surface area contributed by atoms with Gasteiger partial charge in [-0.25, -0.2) is 9.97 Å². The first-order valence-electron chi connectivity index (χ1n) is 11.7. The van der Waals surface area contributed by atoms with Gasteiger partial charge in [-0.2, -0.15) is 18.3 Å². The Bertz CT molecular complexity index is 1210. The molecule has 1 aliphatic rings. The monoisotopic (exact) mass is 506 g/mol. The second-order valence-electron chi connectivity index (χ2n) is 9.73. The molecule has 0 radical (unpaired) electrons. The van der Waals surface area contributed by atoms with Gasteiger partial charge in [0, 0.05) is 18.0 Å². The van der Waals surface area contributed by atoms with Crippen LogP contribution in [0.5, 0.6) is 0 Å². The lowest BCUT2D eigenvalue weighted by Gasteiger charge is -2.26. The van der Waals surface area contributed by atoms with Crippen LogP contribution in [-0.4, -0.2) is 43.5 Å². The number of anilines is 2. The van der Waals surface area contributed by atoms with Crippen LogP contribution in [0.25, 0.3) is 11.5 Å². The van der Waals surface area contributed by atoms with Crippen molar-refractivity contribution in [3.8, 4) is 11.5 Å². The quantitative estimate of drug-likeness (QED) is 0.406. The van der Waals surface area contributed by atoms with Crippen LogP contribution >= 0.6 is 0 Å². The Morgan fingerprint density at radius 3 is 2.64 bits per heavy atom. The zero-order chi connectivity index (χ0) is 26.1. The molecule has 3 N–H and O–H groups in total. The number of hydrogen-bond donors (Lipinski definition) is 3. The predicted octanol–water partition coefficient (Wildman–Crippen LogP) is 5.14. The Morgan fingerprint density at radius 1 is 1.25 bits per heavy atom. The largest absolute Gasteiger partial charge is 0.444 e. The molecular weight excluding hydrogens is 477 g/mol. The molecule has 0 aliphatic heterocycles. The highest BCUT2D eigenvalue weighted by molar-refractivity contribution is 6.03. The lowest BCUT2D eigenvalue weighted by molar-refractivity contribution is -0.115. The summed E-state index contributed by atoms with van der Waals surface area (Å²) < 4.78 is 44.6. The topological polar surface area (TPSA) is 118 Å². The van der Waals surface area contributed by atoms with Crippen molar-refractivity contribution in [1.29, 1.82) is 0 Å². The molecule has 1 amide bonds. The number of alkyl halides is 3. The zero-order valence-corrected chi connectivity index (χ0v) is 20.3. The van der Waals surface area contributed by atoms with Crippen molar-refractivity contribution < 1.29 is 27.5 Å². The number of nitrogens with zero attached hydrogens (tertiary/aromatic N) is 4. The number of pyridine rings is 1. The van der Waals surface area contributed by atoms with Crippen LogP contribution in [0, 0.1) is 5.92 Å². The smallest absolute Gasteiger partial charge is 0.405 e. The third-order valence-corrected chi connectivity index (χ3v) is 6.13. The van der Waals surface area contributed by atoms with E-state index >= 15 is 0 Å². The number of amides is 1. The lowest BCUT2D eigenvalue weighted by Crippen LogP contribution is -2.22. The summed E-state index contributed by atoms with van der Waals surface area (Å²) in [6.45, 7) is 4.19. The average molecular weight is 507 g/mol. The third-order valence-electron chi connectivity index (χ3n) is 6.13. The Hall–Kier alpha value is -3.41. The highest BCUT2D eigenvalue weighted by Crippen LogP contribution is 2.35. The molecule has 36 heavy (non-hydrogen) atoms. The van der Waals surface area contributed by atoms with Crippen molar-refractivity contribution in [3.63, 3.8) is 0 Å². The van der Waals surface area contributed by atoms with E-state index in [1.54, 1.807) is 20.0 Å². The van der Waals surface area contributed by atoms with Crippen molar-refractivity contribution in [1.82, 2.24) is 19.7 Å². The maximum absolute atomic E-state index is 12.9. The molecule has 1 aliphatic carbocycles. The van der Waals surface area contributed by atoms with E-state index in [9.17, 15) is 23.1 Å². The van der Waals surface area contributed by atoms with Crippen LogP contribution in [0.4, 0.5) is 24.7 Å². The van der Waals surface area contributed by atoms with E-state index in [0.717, 1.165) is 31.9 Å². The number of carbonyl (C=O) groups excluding carboxylic acids is 1. The summed E-state index contributed by atoms with van der Waals surface area (Å²) in [7, 11) is 0. The number of carbonyl (C=O) groups is 1. The number of aromatic nitrogens is 4. The molecule has 3 aromatic rings. The van der Waals surface area contributed by atoms with Crippen LogP contribution in [0.15, 0.2) is 35.2 Å². The molecule has 0 saturated heterocycles. The fraction of sp³-hybridized carbons (Fsp3) is 0.500. The van der Waals surface area contributed by atoms with E-state index in [2.05, 4.69) is 32.6 Å². The molecule has 1 fully saturated rings. The second-order valence-corrected chi connectivity index (χ2v) is 9.73. The highest BCUT2D eigenvalue weighted by Gasteiger charge is 2.30. The first kappa shape index (κ1) is 25.7. The molecule has 0 aromatic carbocycles. The molecule has 3 heterocycles. The predicted molar refractivity (Wildman–Crippen MR) is 126 cm³/mol. The summed E-state index contributed by atoms with van der Waals surface area (Å²) in [6, 6.07) is 3.05. The molecule has 0 unspecified atom stereocenters. The van der Waals surface area contributed by atoms with Gasteiger partial charge in [-0.3, -0.25) is 9.48 Å². The molecule has 194 valence electrons. The minimum atomic E-state index is -4.39. The third kappa shape index (κ3) is 6.23. The molecular formula is C24H29F3N6O3. The van der Waals surface area contributed by atoms with E-state index in [4.69, 9.17) is 4.42 Å². The van der Waals surface area contributed by atoms with E-state index in [-0.39, 0.29) is 23.4 Å². The Labute approximate surface area is 206 Å². The molecule has 3 aromatic heterocycles. The van der Waals surface area contributed by atoms with Crippen molar-refractivity contribution in [3.05, 3.63) is 42.2 Å². The van der Waals surface area contributed by atoms with Crippen molar-refractivity contribution in [2.75, 3.05) is 17.2 Å². The Kier molecular flexibility index (Phi) is 7.07. The number of nitrogens with one attached hydrogen (secondary N) is 2. The molecule has 0 bridgehead atoms. The molecule has 9 nitrogen and oxygen atoms in total. The summed E-state index contributed by atoms with van der Waals surface area (Å²) in [6.07, 6.45) is 3.94. The van der Waals surface area contributed by atoms with Crippen molar-refractivity contribution >= 4 is 17.4 Å². The number of aliphatic hydroxyl groups is 1. The standard InChI is InChI=1S/C24H29F3N6O3/c1-14-4-6-16(7-5-14)33-11-17(20(32-33)23(2,3)35)30-21(34)18-12-36-22(31-18)15-8-9-28-19(10-15)29-13-24(25,26)27/h8-12,14,16,35H,4-7,13H2,1-3H3,(H,28,29)(H,30,34). The minimum Gasteiger partial charge on any atom is -0.444 e. The van der Waals surface area contributed by atoms with E-state index in [1.165, 1.54) is 18.3 Å². The molecule has 0 atom stereocenters. The minimum absolute atomic E-state index is 0.00614. The maximum Gasteiger partial charge on any atom is 0.405 e. The van der Waals surface area contributed by atoms with Gasteiger partial charge in [0.2, 0.25) is 5.89 Å². The number of halogens is 3. The number of oxazole rings is 1. The first-order valence-corrected chi connectivity index (χ1v) is 11.7. The van der Waals surface area contributed by atoms with Crippen LogP contribution in [-0.2, 0) is 5.60 Å². The summed E-state index contributed by atoms with van der Waals surface area (Å²) in [5.41, 5.74) is -0.259. The highest BCUT2D eigenvalue weighted by atomic mass is 19.4. The molecule has 0 spiro atoms. The number of hydrogen-bond acceptors (Lipinski definition) is 7. The van der Waals surface area contributed by atoms with Crippen LogP contribution in [0.1, 0.15) is 68.7 Å².